The van der Waals surface area contributed by atoms with Gasteiger partial charge in [0.2, 0.25) is 0 Å². The molecule has 1 amide bonds. The molecule has 10 nitrogen and oxygen atoms in total. The maximum Gasteiger partial charge on any atom is 0.471 e. The van der Waals surface area contributed by atoms with E-state index in [1.807, 2.05) is 0 Å². The third kappa shape index (κ3) is 4.76. The van der Waals surface area contributed by atoms with Crippen molar-refractivity contribution in [2.24, 2.45) is 0 Å². The number of carbonyl (C=O) groups is 1. The van der Waals surface area contributed by atoms with Gasteiger partial charge in [0.15, 0.2) is 0 Å². The maximum atomic E-state index is 14.6. The van der Waals surface area contributed by atoms with Crippen LogP contribution in [0.3, 0.4) is 0 Å². The largest absolute Gasteiger partial charge is 0.493 e. The minimum Gasteiger partial charge on any atom is -0.493 e. The topological polar surface area (TPSA) is 123 Å². The highest BCUT2D eigenvalue weighted by molar-refractivity contribution is 7.46. The quantitative estimate of drug-likeness (QED) is 0.498. The average molecular weight is 497 g/mol. The van der Waals surface area contributed by atoms with Crippen molar-refractivity contribution in [2.45, 2.75) is 26.2 Å². The van der Waals surface area contributed by atoms with Crippen molar-refractivity contribution in [3.05, 3.63) is 52.9 Å². The summed E-state index contributed by atoms with van der Waals surface area (Å²) in [6.07, 6.45) is -0.599. The number of imidazole rings is 1. The first kappa shape index (κ1) is 24.1. The van der Waals surface area contributed by atoms with Crippen LogP contribution >= 0.6 is 7.82 Å². The highest BCUT2D eigenvalue weighted by Crippen LogP contribution is 2.41. The summed E-state index contributed by atoms with van der Waals surface area (Å²) in [7, 11) is -1.66. The van der Waals surface area contributed by atoms with E-state index in [2.05, 4.69) is 9.51 Å². The summed E-state index contributed by atoms with van der Waals surface area (Å²) in [6, 6.07) is 4.78. The number of rotatable bonds is 6. The van der Waals surface area contributed by atoms with E-state index in [1.165, 1.54) is 21.6 Å². The molecule has 0 aliphatic carbocycles. The summed E-state index contributed by atoms with van der Waals surface area (Å²) in [6.45, 7) is 1.22. The number of ether oxygens (including phenoxy) is 2. The molecule has 0 bridgehead atoms. The minimum absolute atomic E-state index is 0.0299. The van der Waals surface area contributed by atoms with Gasteiger partial charge in [0.05, 0.1) is 17.7 Å². The molecule has 0 saturated heterocycles. The van der Waals surface area contributed by atoms with Crippen LogP contribution in [0.4, 0.5) is 8.78 Å². The Hall–Kier alpha value is -3.05. The molecule has 1 aliphatic rings. The summed E-state index contributed by atoms with van der Waals surface area (Å²) in [5.74, 6) is -1.47. The monoisotopic (exact) mass is 497 g/mol. The van der Waals surface area contributed by atoms with E-state index < -0.39 is 32.3 Å². The number of benzene rings is 2. The molecule has 0 fully saturated rings. The molecule has 1 unspecified atom stereocenters. The van der Waals surface area contributed by atoms with Crippen molar-refractivity contribution in [3.63, 3.8) is 0 Å². The van der Waals surface area contributed by atoms with Crippen LogP contribution in [0.1, 0.15) is 34.3 Å². The van der Waals surface area contributed by atoms with E-state index in [0.717, 1.165) is 12.1 Å². The Balaban J connectivity index is 1.83. The lowest BCUT2D eigenvalue weighted by molar-refractivity contribution is 0.0825. The van der Waals surface area contributed by atoms with Gasteiger partial charge >= 0.3 is 7.82 Å². The molecule has 13 heteroatoms. The van der Waals surface area contributed by atoms with Crippen LogP contribution in [0.5, 0.6) is 11.5 Å². The predicted octanol–water partition coefficient (Wildman–Crippen LogP) is 3.29. The van der Waals surface area contributed by atoms with Gasteiger partial charge in [-0.3, -0.25) is 9.32 Å². The molecule has 0 radical (unpaired) electrons. The molecule has 34 heavy (non-hydrogen) atoms. The van der Waals surface area contributed by atoms with Gasteiger partial charge in [-0.1, -0.05) is 0 Å². The van der Waals surface area contributed by atoms with E-state index in [-0.39, 0.29) is 47.1 Å². The van der Waals surface area contributed by atoms with Crippen molar-refractivity contribution in [2.75, 3.05) is 20.7 Å². The van der Waals surface area contributed by atoms with Crippen molar-refractivity contribution < 1.29 is 41.9 Å². The van der Waals surface area contributed by atoms with Crippen molar-refractivity contribution >= 4 is 24.8 Å². The Bertz CT molecular complexity index is 1320. The molecule has 2 heterocycles. The standard InChI is InChI=1S/C21H22F2N3O7P/c1-11-24-20-15(26(11)10-32-34(28,29)30)6-12(21(27)25(2)3)7-18(20)33-16-4-5-31-17-9-13(22)8-14(23)19(16)17/h6-9,16H,4-5,10H2,1-3H3,(H2,28,29,30). The molecule has 1 aromatic heterocycles. The third-order valence-corrected chi connectivity index (χ3v) is 5.75. The van der Waals surface area contributed by atoms with Gasteiger partial charge in [-0.25, -0.2) is 18.3 Å². The first-order valence-electron chi connectivity index (χ1n) is 10.2. The number of hydrogen-bond donors (Lipinski definition) is 2. The van der Waals surface area contributed by atoms with Gasteiger partial charge in [-0.05, 0) is 19.1 Å². The highest BCUT2D eigenvalue weighted by atomic mass is 31.2. The third-order valence-electron chi connectivity index (χ3n) is 5.30. The van der Waals surface area contributed by atoms with Gasteiger partial charge in [0.25, 0.3) is 5.91 Å². The minimum atomic E-state index is -4.78. The maximum absolute atomic E-state index is 14.6. The fraction of sp³-hybridized carbons (Fsp3) is 0.333. The van der Waals surface area contributed by atoms with E-state index >= 15 is 0 Å². The molecule has 1 atom stereocenters. The van der Waals surface area contributed by atoms with Crippen LogP contribution in [0.15, 0.2) is 24.3 Å². The van der Waals surface area contributed by atoms with E-state index in [0.29, 0.717) is 11.3 Å². The van der Waals surface area contributed by atoms with Crippen LogP contribution in [-0.2, 0) is 15.8 Å². The molecule has 3 aromatic rings. The highest BCUT2D eigenvalue weighted by Gasteiger charge is 2.30. The van der Waals surface area contributed by atoms with Gasteiger partial charge in [0.1, 0.15) is 47.3 Å². The van der Waals surface area contributed by atoms with Crippen LogP contribution in [0.25, 0.3) is 11.0 Å². The Morgan fingerprint density at radius 3 is 2.71 bits per heavy atom. The average Bonchev–Trinajstić information content (AvgIpc) is 3.06. The molecule has 0 spiro atoms. The molecule has 2 N–H and O–H groups in total. The number of aromatic nitrogens is 2. The number of phosphoric ester groups is 1. The van der Waals surface area contributed by atoms with Crippen molar-refractivity contribution in [1.29, 1.82) is 0 Å². The number of halogens is 2. The van der Waals surface area contributed by atoms with E-state index in [9.17, 15) is 18.1 Å². The fourth-order valence-electron chi connectivity index (χ4n) is 3.76. The zero-order chi connectivity index (χ0) is 24.8. The smallest absolute Gasteiger partial charge is 0.471 e. The van der Waals surface area contributed by atoms with Crippen molar-refractivity contribution in [3.8, 4) is 11.5 Å². The second-order valence-corrected chi connectivity index (χ2v) is 9.16. The lowest BCUT2D eigenvalue weighted by Crippen LogP contribution is -2.23. The summed E-state index contributed by atoms with van der Waals surface area (Å²) < 4.78 is 57.0. The van der Waals surface area contributed by atoms with Crippen LogP contribution < -0.4 is 9.47 Å². The molecular weight excluding hydrogens is 475 g/mol. The Morgan fingerprint density at radius 2 is 2.03 bits per heavy atom. The van der Waals surface area contributed by atoms with Gasteiger partial charge in [0, 0.05) is 38.2 Å². The van der Waals surface area contributed by atoms with Crippen LogP contribution in [0.2, 0.25) is 0 Å². The first-order valence-corrected chi connectivity index (χ1v) is 11.7. The predicted molar refractivity (Wildman–Crippen MR) is 115 cm³/mol. The second-order valence-electron chi connectivity index (χ2n) is 7.92. The molecule has 0 saturated carbocycles. The number of amides is 1. The number of phosphoric acid groups is 1. The number of fused-ring (bicyclic) bond motifs is 2. The lowest BCUT2D eigenvalue weighted by Gasteiger charge is -2.27. The summed E-state index contributed by atoms with van der Waals surface area (Å²) in [5, 5.41) is 0. The Morgan fingerprint density at radius 1 is 1.29 bits per heavy atom. The first-order chi connectivity index (χ1) is 15.9. The van der Waals surface area contributed by atoms with Gasteiger partial charge < -0.3 is 28.7 Å². The zero-order valence-corrected chi connectivity index (χ0v) is 19.4. The van der Waals surface area contributed by atoms with Gasteiger partial charge in [-0.2, -0.15) is 0 Å². The molecule has 182 valence electrons. The Labute approximate surface area is 192 Å². The number of hydrogen-bond acceptors (Lipinski definition) is 6. The normalized spacial score (nSPS) is 15.7. The number of nitrogens with zero attached hydrogens (tertiary/aromatic N) is 3. The molecule has 4 rings (SSSR count). The second kappa shape index (κ2) is 8.95. The number of carbonyl (C=O) groups excluding carboxylic acids is 1. The fourth-order valence-corrected chi connectivity index (χ4v) is 4.03. The van der Waals surface area contributed by atoms with Crippen LogP contribution in [-0.4, -0.2) is 50.8 Å². The van der Waals surface area contributed by atoms with E-state index in [4.69, 9.17) is 19.3 Å². The Kier molecular flexibility index (Phi) is 6.34. The van der Waals surface area contributed by atoms with Crippen LogP contribution in [0, 0.1) is 18.6 Å². The van der Waals surface area contributed by atoms with Crippen molar-refractivity contribution in [1.82, 2.24) is 14.5 Å². The summed E-state index contributed by atoms with van der Waals surface area (Å²) in [4.78, 5) is 36.7. The SMILES string of the molecule is Cc1nc2c(OC3CCOc4cc(F)cc(F)c43)cc(C(=O)N(C)C)cc2n1COP(=O)(O)O. The summed E-state index contributed by atoms with van der Waals surface area (Å²) in [5.41, 5.74) is 0.848. The lowest BCUT2D eigenvalue weighted by atomic mass is 10.0. The summed E-state index contributed by atoms with van der Waals surface area (Å²) >= 11 is 0. The molecule has 2 aromatic carbocycles. The molecule has 1 aliphatic heterocycles. The molecular formula is C21H22F2N3O7P. The number of aryl methyl sites for hydroxylation is 1. The van der Waals surface area contributed by atoms with Gasteiger partial charge in [-0.15, -0.1) is 0 Å². The van der Waals surface area contributed by atoms with E-state index in [1.54, 1.807) is 21.0 Å². The zero-order valence-electron chi connectivity index (χ0n) is 18.5.